The summed E-state index contributed by atoms with van der Waals surface area (Å²) in [5, 5.41) is 46.8. The molecule has 1 aliphatic heterocycles. The molecule has 5 aromatic carbocycles. The minimum atomic E-state index is -1.89. The summed E-state index contributed by atoms with van der Waals surface area (Å²) in [7, 11) is 0. The Labute approximate surface area is 634 Å². The van der Waals surface area contributed by atoms with Gasteiger partial charge in [-0.25, -0.2) is 14.4 Å². The van der Waals surface area contributed by atoms with Gasteiger partial charge in [-0.05, 0) is 91.2 Å². The maximum atomic E-state index is 14.7. The van der Waals surface area contributed by atoms with Crippen molar-refractivity contribution < 1.29 is 96.1 Å². The molecular weight excluding hydrogens is 1430 g/mol. The number of ether oxygens (including phenoxy) is 4. The number of nitro groups is 1. The van der Waals surface area contributed by atoms with Gasteiger partial charge in [0.05, 0.1) is 18.1 Å². The van der Waals surface area contributed by atoms with Crippen molar-refractivity contribution in [3.8, 4) is 5.75 Å². The second-order valence-corrected chi connectivity index (χ2v) is 26.4. The van der Waals surface area contributed by atoms with E-state index >= 15 is 0 Å². The highest BCUT2D eigenvalue weighted by atomic mass is 16.6. The molecule has 1 heterocycles. The van der Waals surface area contributed by atoms with Crippen molar-refractivity contribution in [2.24, 2.45) is 17.6 Å². The minimum Gasteiger partial charge on any atom is -0.461 e. The van der Waals surface area contributed by atoms with E-state index < -0.39 is 194 Å². The van der Waals surface area contributed by atoms with E-state index in [0.717, 1.165) is 17.7 Å². The average Bonchev–Trinajstić information content (AvgIpc) is 1.75. The normalized spacial score (nSPS) is 14.2. The van der Waals surface area contributed by atoms with Gasteiger partial charge in [-0.3, -0.25) is 62.9 Å². The van der Waals surface area contributed by atoms with Crippen molar-refractivity contribution in [3.05, 3.63) is 178 Å². The molecule has 1 aliphatic rings. The largest absolute Gasteiger partial charge is 0.461 e. The molecule has 12 amide bonds. The van der Waals surface area contributed by atoms with Gasteiger partial charge in [0, 0.05) is 44.5 Å². The highest BCUT2D eigenvalue weighted by Crippen LogP contribution is 2.22. The fraction of sp³-hybridized carbons (Fsp3) is 0.421. The summed E-state index contributed by atoms with van der Waals surface area (Å²) in [5.41, 5.74) is 7.81. The molecule has 1 saturated heterocycles. The lowest BCUT2D eigenvalue weighted by molar-refractivity contribution is -0.384. The van der Waals surface area contributed by atoms with E-state index in [1.165, 1.54) is 17.0 Å². The number of alkyl carbamates (subject to hydrolysis) is 2. The summed E-state index contributed by atoms with van der Waals surface area (Å²) >= 11 is 0. The van der Waals surface area contributed by atoms with E-state index in [2.05, 4.69) is 53.2 Å². The van der Waals surface area contributed by atoms with E-state index in [9.17, 15) is 82.3 Å². The summed E-state index contributed by atoms with van der Waals surface area (Å²) in [5.74, 6) is -12.5. The molecule has 8 atom stereocenters. The van der Waals surface area contributed by atoms with E-state index in [1.807, 2.05) is 6.07 Å². The summed E-state index contributed by atoms with van der Waals surface area (Å²) in [6.07, 6.45) is -2.96. The van der Waals surface area contributed by atoms with Gasteiger partial charge >= 0.3 is 24.1 Å². The van der Waals surface area contributed by atoms with Crippen molar-refractivity contribution in [3.63, 3.8) is 0 Å². The van der Waals surface area contributed by atoms with Crippen LogP contribution in [0.3, 0.4) is 0 Å². The molecule has 34 nitrogen and oxygen atoms in total. The number of likely N-dealkylation sites (tertiary alicyclic amines) is 1. The van der Waals surface area contributed by atoms with E-state index in [4.69, 9.17) is 24.7 Å². The Morgan fingerprint density at radius 2 is 0.991 bits per heavy atom. The standard InChI is InChI=1S/C76H95N13O21/c1-47(2)65(72(100)80-42-64(94)110-54-32-30-53(31-33-54)89(105)106)86-69(97)58(40-49-20-9-5-10-21-49)84-70(98)59(43-90)85-68(96)56(34-36-61(77)91)82-67(95)55(35-37-63(93)107-44-50-22-11-6-12-23-50)81-62(92)41-79-71(99)60-29-19-39-88(60)74(102)57(28-17-18-38-78-75(103)108-45-51-24-13-7-14-25-51)83-73(101)66(48(3)4)87-76(104)109-46-52-26-15-8-16-27-52/h5-16,20-27,30-33,47-48,55-60,65-66,90H,17-19,28-29,34-46H2,1-4H3,(H2,77,91)(H,78,103)(H,79,99)(H,80,100)(H,81,92)(H,82,95)(H,83,101)(H,84,98)(H,85,96)(H,86,97)(H,87,104)/t55-,56-,57-,58-,59-,60-,65-,66-/m0/s1. The van der Waals surface area contributed by atoms with Crippen LogP contribution in [0.2, 0.25) is 0 Å². The second-order valence-electron chi connectivity index (χ2n) is 26.4. The second kappa shape index (κ2) is 45.3. The first-order chi connectivity index (χ1) is 52.7. The molecule has 6 rings (SSSR count). The molecule has 0 unspecified atom stereocenters. The van der Waals surface area contributed by atoms with Gasteiger partial charge < -0.3 is 87.9 Å². The lowest BCUT2D eigenvalue weighted by atomic mass is 10.0. The lowest BCUT2D eigenvalue weighted by Crippen LogP contribution is -2.61. The predicted octanol–water partition coefficient (Wildman–Crippen LogP) is 2.36. The van der Waals surface area contributed by atoms with Crippen LogP contribution in [-0.4, -0.2) is 179 Å². The zero-order chi connectivity index (χ0) is 80.1. The number of nitro benzene ring substituents is 1. The zero-order valence-electron chi connectivity index (χ0n) is 61.4. The molecule has 34 heteroatoms. The van der Waals surface area contributed by atoms with Gasteiger partial charge in [-0.15, -0.1) is 0 Å². The van der Waals surface area contributed by atoms with Crippen molar-refractivity contribution in [2.45, 2.75) is 160 Å². The van der Waals surface area contributed by atoms with Crippen molar-refractivity contribution >= 4 is 88.9 Å². The average molecular weight is 1530 g/mol. The molecule has 0 aliphatic carbocycles. The van der Waals surface area contributed by atoms with E-state index in [0.29, 0.717) is 29.5 Å². The van der Waals surface area contributed by atoms with Gasteiger partial charge in [0.1, 0.15) is 80.4 Å². The van der Waals surface area contributed by atoms with Crippen LogP contribution in [0, 0.1) is 22.0 Å². The maximum Gasteiger partial charge on any atom is 0.408 e. The van der Waals surface area contributed by atoms with Crippen LogP contribution in [0.1, 0.15) is 108 Å². The van der Waals surface area contributed by atoms with Crippen molar-refractivity contribution in [2.75, 3.05) is 32.8 Å². The van der Waals surface area contributed by atoms with Crippen LogP contribution in [0.25, 0.3) is 0 Å². The first-order valence-electron chi connectivity index (χ1n) is 35.8. The number of hydrogen-bond donors (Lipinski definition) is 12. The summed E-state index contributed by atoms with van der Waals surface area (Å²) in [6, 6.07) is 27.3. The van der Waals surface area contributed by atoms with Crippen LogP contribution < -0.4 is 63.6 Å². The molecule has 0 aromatic heterocycles. The van der Waals surface area contributed by atoms with Gasteiger partial charge in [0.25, 0.3) is 5.69 Å². The summed E-state index contributed by atoms with van der Waals surface area (Å²) in [6.45, 7) is 3.76. The Kier molecular flexibility index (Phi) is 35.7. The zero-order valence-corrected chi connectivity index (χ0v) is 61.4. The van der Waals surface area contributed by atoms with Crippen molar-refractivity contribution in [1.82, 2.24) is 58.1 Å². The molecule has 13 N–H and O–H groups in total. The minimum absolute atomic E-state index is 0.00305. The smallest absolute Gasteiger partial charge is 0.408 e. The number of nitrogens with zero attached hydrogens (tertiary/aromatic N) is 2. The Hall–Kier alpha value is -12.4. The van der Waals surface area contributed by atoms with Crippen LogP contribution in [0.5, 0.6) is 5.75 Å². The van der Waals surface area contributed by atoms with Gasteiger partial charge in [0.2, 0.25) is 59.1 Å². The Morgan fingerprint density at radius 1 is 0.500 bits per heavy atom. The molecule has 110 heavy (non-hydrogen) atoms. The molecule has 0 spiro atoms. The number of primary amides is 1. The molecule has 0 radical (unpaired) electrons. The number of hydrogen-bond acceptors (Lipinski definition) is 21. The molecular formula is C76H95N13O21. The van der Waals surface area contributed by atoms with Crippen LogP contribution in [0.15, 0.2) is 146 Å². The van der Waals surface area contributed by atoms with Crippen LogP contribution in [0.4, 0.5) is 15.3 Å². The topological polar surface area (TPSA) is 489 Å². The number of carbonyl (C=O) groups is 14. The third-order valence-corrected chi connectivity index (χ3v) is 17.2. The third kappa shape index (κ3) is 30.1. The number of unbranched alkanes of at least 4 members (excludes halogenated alkanes) is 1. The van der Waals surface area contributed by atoms with E-state index in [-0.39, 0.29) is 70.0 Å². The number of benzene rings is 5. The summed E-state index contributed by atoms with van der Waals surface area (Å²) in [4.78, 5) is 203. The lowest BCUT2D eigenvalue weighted by Gasteiger charge is -2.30. The number of carbonyl (C=O) groups excluding carboxylic acids is 14. The third-order valence-electron chi connectivity index (χ3n) is 17.2. The molecule has 0 bridgehead atoms. The Morgan fingerprint density at radius 3 is 1.55 bits per heavy atom. The number of aliphatic hydroxyl groups is 1. The number of rotatable bonds is 43. The fourth-order valence-corrected chi connectivity index (χ4v) is 11.2. The summed E-state index contributed by atoms with van der Waals surface area (Å²) < 4.78 is 21.3. The molecule has 1 fully saturated rings. The number of aliphatic hydroxyl groups excluding tert-OH is 1. The number of esters is 2. The molecule has 5 aromatic rings. The molecule has 0 saturated carbocycles. The number of non-ortho nitro benzene ring substituents is 1. The fourth-order valence-electron chi connectivity index (χ4n) is 11.2. The van der Waals surface area contributed by atoms with Gasteiger partial charge in [-0.1, -0.05) is 149 Å². The predicted molar refractivity (Wildman–Crippen MR) is 394 cm³/mol. The number of nitrogens with one attached hydrogen (secondary N) is 10. The number of nitrogens with two attached hydrogens (primary N) is 1. The number of amides is 12. The van der Waals surface area contributed by atoms with Gasteiger partial charge in [0.15, 0.2) is 0 Å². The highest BCUT2D eigenvalue weighted by molar-refractivity contribution is 5.99. The monoisotopic (exact) mass is 1530 g/mol. The van der Waals surface area contributed by atoms with Crippen LogP contribution in [-0.2, 0) is 98.0 Å². The quantitative estimate of drug-likeness (QED) is 0.00665. The van der Waals surface area contributed by atoms with Crippen LogP contribution >= 0.6 is 0 Å². The molecule has 590 valence electrons. The first-order valence-corrected chi connectivity index (χ1v) is 35.8. The SMILES string of the molecule is CC(C)[C@H](NC(=O)OCc1ccccc1)C(=O)N[C@@H](CCCCNC(=O)OCc1ccccc1)C(=O)N1CCC[C@H]1C(=O)NCC(=O)N[C@@H](CCC(=O)OCc1ccccc1)C(=O)N[C@@H](CCC(N)=O)C(=O)N[C@@H](CO)C(=O)N[C@@H](Cc1ccccc1)C(=O)N[C@H](C(=O)NCC(=O)Oc1ccc([N+](=O)[O-])cc1)C(C)C. The highest BCUT2D eigenvalue weighted by Gasteiger charge is 2.40. The first kappa shape index (κ1) is 86.6. The Balaban J connectivity index is 1.13. The maximum absolute atomic E-state index is 14.7. The Bertz CT molecular complexity index is 3930. The van der Waals surface area contributed by atoms with Gasteiger partial charge in [-0.2, -0.15) is 0 Å². The van der Waals surface area contributed by atoms with E-state index in [1.54, 1.807) is 143 Å². The van der Waals surface area contributed by atoms with Crippen molar-refractivity contribution in [1.29, 1.82) is 0 Å².